The van der Waals surface area contributed by atoms with Crippen LogP contribution in [0.2, 0.25) is 0 Å². The first-order valence-electron chi connectivity index (χ1n) is 8.80. The van der Waals surface area contributed by atoms with Gasteiger partial charge in [-0.2, -0.15) is 9.10 Å². The van der Waals surface area contributed by atoms with Crippen LogP contribution in [0, 0.1) is 12.3 Å². The molecule has 0 bridgehead atoms. The number of carbonyl (C=O) groups is 3. The Morgan fingerprint density at radius 1 is 1.47 bits per heavy atom. The summed E-state index contributed by atoms with van der Waals surface area (Å²) in [5.41, 5.74) is 0.631. The molecule has 2 unspecified atom stereocenters. The number of fused-ring (bicyclic) bond motifs is 1. The van der Waals surface area contributed by atoms with Crippen LogP contribution in [-0.2, 0) is 20.8 Å². The zero-order valence-corrected chi connectivity index (χ0v) is 22.1. The number of hydrogen-bond acceptors (Lipinski definition) is 12. The summed E-state index contributed by atoms with van der Waals surface area (Å²) in [4.78, 5) is 42.0. The molecule has 4 rings (SSSR count). The third-order valence-electron chi connectivity index (χ3n) is 4.55. The van der Waals surface area contributed by atoms with Gasteiger partial charge in [0.1, 0.15) is 17.2 Å². The van der Waals surface area contributed by atoms with Crippen molar-refractivity contribution >= 4 is 64.2 Å². The van der Waals surface area contributed by atoms with Crippen molar-refractivity contribution in [2.24, 2.45) is 0 Å². The fourth-order valence-corrected chi connectivity index (χ4v) is 6.91. The number of carboxylic acids is 1. The van der Waals surface area contributed by atoms with E-state index in [1.54, 1.807) is 6.92 Å². The molecule has 32 heavy (non-hydrogen) atoms. The fourth-order valence-electron chi connectivity index (χ4n) is 3.13. The van der Waals surface area contributed by atoms with Crippen LogP contribution in [-0.4, -0.2) is 64.9 Å². The molecule has 2 aliphatic rings. The van der Waals surface area contributed by atoms with E-state index in [4.69, 9.17) is 5.41 Å². The van der Waals surface area contributed by atoms with Gasteiger partial charge in [0.2, 0.25) is 10.7 Å². The molecule has 0 spiro atoms. The maximum Gasteiger partial charge on any atom is 1.00 e. The molecule has 2 aromatic heterocycles. The molecule has 0 radical (unpaired) electrons. The third-order valence-corrected chi connectivity index (χ3v) is 8.69. The van der Waals surface area contributed by atoms with Crippen LogP contribution < -0.4 is 44.8 Å². The maximum atomic E-state index is 12.7. The number of β-lactam (4-membered cyclic amide) rings is 1. The number of nitrogens with one attached hydrogen (secondary N) is 2. The molecule has 4 heterocycles. The summed E-state index contributed by atoms with van der Waals surface area (Å²) in [6.07, 6.45) is -0.209. The van der Waals surface area contributed by atoms with Gasteiger partial charge in [-0.05, 0) is 24.0 Å². The molecule has 0 aromatic carbocycles. The SMILES string of the molecule is Cc1nsc(SCC2=C(C(=O)[O-])N3C(=O)C(NC(=O)Cc4csc(=N)n4O)C3SC2)n1.[Na+]. The van der Waals surface area contributed by atoms with Gasteiger partial charge in [0, 0.05) is 16.9 Å². The van der Waals surface area contributed by atoms with Gasteiger partial charge < -0.3 is 20.4 Å². The normalized spacial score (nSPS) is 19.8. The summed E-state index contributed by atoms with van der Waals surface area (Å²) in [7, 11) is 0. The van der Waals surface area contributed by atoms with Crippen molar-refractivity contribution in [3.05, 3.63) is 33.0 Å². The molecule has 3 N–H and O–H groups in total. The number of thiazole rings is 1. The smallest absolute Gasteiger partial charge is 0.543 e. The van der Waals surface area contributed by atoms with E-state index in [1.807, 2.05) is 0 Å². The molecule has 1 saturated heterocycles. The molecule has 1 fully saturated rings. The Morgan fingerprint density at radius 3 is 2.81 bits per heavy atom. The van der Waals surface area contributed by atoms with E-state index in [2.05, 4.69) is 14.7 Å². The largest absolute Gasteiger partial charge is 1.00 e. The van der Waals surface area contributed by atoms with Gasteiger partial charge in [0.15, 0.2) is 4.34 Å². The second-order valence-corrected chi connectivity index (χ2v) is 10.5. The summed E-state index contributed by atoms with van der Waals surface area (Å²) >= 11 is 4.91. The molecular weight excluding hydrogens is 507 g/mol. The number of aryl methyl sites for hydroxylation is 1. The number of carboxylic acid groups (broad SMARTS) is 1. The molecule has 2 aliphatic heterocycles. The van der Waals surface area contributed by atoms with Gasteiger partial charge in [-0.3, -0.25) is 19.9 Å². The van der Waals surface area contributed by atoms with E-state index in [0.29, 0.717) is 32.0 Å². The standard InChI is InChI=1S/C16H16N6O5S4.Na/c1-6-18-16(31-20-6)30-4-7-3-28-13-10(12(24)21(13)11(7)14(25)26)19-9(23)2-8-5-29-15(17)22(8)27;/h5,10,13,17,27H,2-4H2,1H3,(H,19,23)(H,25,26);/q;+1/p-1. The zero-order chi connectivity index (χ0) is 22.3. The Balaban J connectivity index is 0.00000289. The van der Waals surface area contributed by atoms with Crippen LogP contribution in [0.15, 0.2) is 21.0 Å². The van der Waals surface area contributed by atoms with Crippen LogP contribution in [0.4, 0.5) is 0 Å². The van der Waals surface area contributed by atoms with Crippen LogP contribution in [0.3, 0.4) is 0 Å². The average Bonchev–Trinajstić information content (AvgIpc) is 3.29. The topological polar surface area (TPSA) is 164 Å². The number of thioether (sulfide) groups is 2. The van der Waals surface area contributed by atoms with Crippen molar-refractivity contribution in [1.82, 2.24) is 24.3 Å². The Hall–Kier alpha value is -1.36. The van der Waals surface area contributed by atoms with E-state index in [1.165, 1.54) is 40.4 Å². The van der Waals surface area contributed by atoms with Crippen molar-refractivity contribution in [2.45, 2.75) is 29.1 Å². The van der Waals surface area contributed by atoms with Gasteiger partial charge in [-0.15, -0.1) is 23.1 Å². The molecular formula is C16H15N6NaO5S4. The summed E-state index contributed by atoms with van der Waals surface area (Å²) in [6, 6.07) is -0.867. The molecule has 11 nitrogen and oxygen atoms in total. The van der Waals surface area contributed by atoms with Crippen molar-refractivity contribution in [2.75, 3.05) is 11.5 Å². The third kappa shape index (κ3) is 4.93. The number of nitrogens with zero attached hydrogens (tertiary/aromatic N) is 4. The van der Waals surface area contributed by atoms with Crippen LogP contribution >= 0.6 is 46.4 Å². The molecule has 164 valence electrons. The minimum atomic E-state index is -1.44. The predicted octanol–water partition coefficient (Wildman–Crippen LogP) is -3.83. The first kappa shape index (κ1) is 25.3. The van der Waals surface area contributed by atoms with Crippen molar-refractivity contribution < 1.29 is 54.3 Å². The van der Waals surface area contributed by atoms with Gasteiger partial charge in [0.05, 0.1) is 23.8 Å². The van der Waals surface area contributed by atoms with Crippen LogP contribution in [0.25, 0.3) is 0 Å². The Morgan fingerprint density at radius 2 is 2.22 bits per heavy atom. The van der Waals surface area contributed by atoms with Gasteiger partial charge in [-0.25, -0.2) is 4.98 Å². The number of hydrogen-bond donors (Lipinski definition) is 3. The first-order chi connectivity index (χ1) is 14.8. The minimum absolute atomic E-state index is 0. The Kier molecular flexibility index (Phi) is 8.11. The zero-order valence-electron chi connectivity index (χ0n) is 16.9. The van der Waals surface area contributed by atoms with Crippen molar-refractivity contribution in [3.8, 4) is 0 Å². The van der Waals surface area contributed by atoms with Crippen molar-refractivity contribution in [3.63, 3.8) is 0 Å². The summed E-state index contributed by atoms with van der Waals surface area (Å²) in [5.74, 6) is -1.12. The second-order valence-electron chi connectivity index (χ2n) is 6.61. The maximum absolute atomic E-state index is 12.7. The minimum Gasteiger partial charge on any atom is -0.543 e. The number of rotatable bonds is 7. The van der Waals surface area contributed by atoms with E-state index in [-0.39, 0.29) is 52.2 Å². The number of aliphatic carboxylic acids is 1. The van der Waals surface area contributed by atoms with Gasteiger partial charge in [-0.1, -0.05) is 11.8 Å². The second kappa shape index (κ2) is 10.3. The summed E-state index contributed by atoms with van der Waals surface area (Å²) in [6.45, 7) is 1.77. The quantitative estimate of drug-likeness (QED) is 0.143. The van der Waals surface area contributed by atoms with Gasteiger partial charge in [0.25, 0.3) is 5.91 Å². The van der Waals surface area contributed by atoms with E-state index >= 15 is 0 Å². The van der Waals surface area contributed by atoms with Gasteiger partial charge >= 0.3 is 29.6 Å². The predicted molar refractivity (Wildman–Crippen MR) is 111 cm³/mol. The van der Waals surface area contributed by atoms with E-state index in [0.717, 1.165) is 16.2 Å². The van der Waals surface area contributed by atoms with E-state index in [9.17, 15) is 24.7 Å². The Bertz CT molecular complexity index is 1160. The molecule has 2 atom stereocenters. The number of carbonyl (C=O) groups excluding carboxylic acids is 3. The average molecular weight is 523 g/mol. The molecule has 2 amide bonds. The molecule has 16 heteroatoms. The number of amides is 2. The van der Waals surface area contributed by atoms with Crippen molar-refractivity contribution in [1.29, 1.82) is 5.41 Å². The molecule has 0 aliphatic carbocycles. The molecule has 2 aromatic rings. The van der Waals surface area contributed by atoms with Crippen LogP contribution in [0.1, 0.15) is 11.5 Å². The summed E-state index contributed by atoms with van der Waals surface area (Å²) < 4.78 is 5.40. The Labute approximate surface area is 220 Å². The van der Waals surface area contributed by atoms with Crippen LogP contribution in [0.5, 0.6) is 0 Å². The first-order valence-corrected chi connectivity index (χ1v) is 12.5. The molecule has 0 saturated carbocycles. The monoisotopic (exact) mass is 522 g/mol. The van der Waals surface area contributed by atoms with E-state index < -0.39 is 29.2 Å². The summed E-state index contributed by atoms with van der Waals surface area (Å²) in [5, 5.41) is 32.5. The number of aromatic nitrogens is 3. The fraction of sp³-hybridized carbons (Fsp3) is 0.375.